The highest BCUT2D eigenvalue weighted by Gasteiger charge is 2.27. The molecule has 6 rings (SSSR count). The van der Waals surface area contributed by atoms with Gasteiger partial charge in [0.05, 0.1) is 11.6 Å². The predicted molar refractivity (Wildman–Crippen MR) is 116 cm³/mol. The topological polar surface area (TPSA) is 46.1 Å². The van der Waals surface area contributed by atoms with Crippen molar-refractivity contribution >= 4 is 27.5 Å². The number of nitrogens with zero attached hydrogens (tertiary/aromatic N) is 3. The molecular weight excluding hydrogens is 360 g/mol. The maximum Gasteiger partial charge on any atom is 0.145 e. The van der Waals surface area contributed by atoms with Crippen molar-refractivity contribution in [1.82, 2.24) is 19.4 Å². The molecule has 2 aromatic heterocycles. The van der Waals surface area contributed by atoms with Crippen LogP contribution in [0.15, 0.2) is 54.7 Å². The van der Waals surface area contributed by atoms with Crippen LogP contribution in [-0.4, -0.2) is 45.7 Å². The van der Waals surface area contributed by atoms with Gasteiger partial charge in [-0.2, -0.15) is 0 Å². The van der Waals surface area contributed by atoms with E-state index in [9.17, 15) is 0 Å². The molecule has 29 heavy (non-hydrogen) atoms. The van der Waals surface area contributed by atoms with Crippen molar-refractivity contribution in [3.05, 3.63) is 66.1 Å². The van der Waals surface area contributed by atoms with Gasteiger partial charge < -0.3 is 14.3 Å². The molecule has 2 aliphatic heterocycles. The van der Waals surface area contributed by atoms with Crippen LogP contribution in [0.3, 0.4) is 0 Å². The second-order valence-corrected chi connectivity index (χ2v) is 8.10. The summed E-state index contributed by atoms with van der Waals surface area (Å²) in [6, 6.07) is 15.0. The number of hydrogen-bond acceptors (Lipinski definition) is 3. The smallest absolute Gasteiger partial charge is 0.145 e. The number of nitrogens with one attached hydrogen (secondary N) is 1. The minimum Gasteiger partial charge on any atom is -0.489 e. The zero-order chi connectivity index (χ0) is 19.4. The molecule has 4 heterocycles. The molecular formula is C24H24N4O. The van der Waals surface area contributed by atoms with Crippen LogP contribution >= 0.6 is 0 Å². The molecule has 2 aromatic carbocycles. The first-order valence-corrected chi connectivity index (χ1v) is 10.4. The van der Waals surface area contributed by atoms with Crippen molar-refractivity contribution in [2.75, 3.05) is 26.2 Å². The highest BCUT2D eigenvalue weighted by Crippen LogP contribution is 2.35. The molecule has 1 atom stereocenters. The molecule has 4 aromatic rings. The summed E-state index contributed by atoms with van der Waals surface area (Å²) in [5.74, 6) is 2.03. The molecule has 146 valence electrons. The average molecular weight is 384 g/mol. The van der Waals surface area contributed by atoms with E-state index in [0.717, 1.165) is 48.7 Å². The van der Waals surface area contributed by atoms with Crippen LogP contribution in [0.5, 0.6) is 5.75 Å². The molecule has 0 fully saturated rings. The minimum absolute atomic E-state index is 0.304. The van der Waals surface area contributed by atoms with Crippen molar-refractivity contribution in [3.8, 4) is 5.75 Å². The van der Waals surface area contributed by atoms with Gasteiger partial charge >= 0.3 is 0 Å². The fourth-order valence-electron chi connectivity index (χ4n) is 4.95. The first-order chi connectivity index (χ1) is 14.3. The van der Waals surface area contributed by atoms with Gasteiger partial charge in [-0.25, -0.2) is 4.98 Å². The van der Waals surface area contributed by atoms with E-state index >= 15 is 0 Å². The molecule has 2 aliphatic rings. The van der Waals surface area contributed by atoms with E-state index in [1.165, 1.54) is 22.0 Å². The second kappa shape index (κ2) is 6.49. The molecule has 1 unspecified atom stereocenters. The molecule has 5 nitrogen and oxygen atoms in total. The summed E-state index contributed by atoms with van der Waals surface area (Å²) in [4.78, 5) is 10.7. The van der Waals surface area contributed by atoms with E-state index in [0.29, 0.717) is 12.6 Å². The van der Waals surface area contributed by atoms with Gasteiger partial charge in [0, 0.05) is 42.3 Å². The number of benzene rings is 2. The first kappa shape index (κ1) is 16.9. The third-order valence-electron chi connectivity index (χ3n) is 6.34. The van der Waals surface area contributed by atoms with E-state index in [1.807, 2.05) is 12.1 Å². The van der Waals surface area contributed by atoms with Gasteiger partial charge in [-0.05, 0) is 37.1 Å². The Bertz CT molecular complexity index is 1250. The SMILES string of the molecule is Cc1nc2cccc3c2n1C(CN1CC=C(c2c[nH]c4ccccc24)CC1)CO3. The highest BCUT2D eigenvalue weighted by molar-refractivity contribution is 5.92. The molecule has 1 N–H and O–H groups in total. The number of aromatic amines is 1. The Hall–Kier alpha value is -3.05. The van der Waals surface area contributed by atoms with Crippen LogP contribution in [0, 0.1) is 6.92 Å². The maximum absolute atomic E-state index is 6.08. The molecule has 0 radical (unpaired) electrons. The summed E-state index contributed by atoms with van der Waals surface area (Å²) in [6.07, 6.45) is 5.63. The highest BCUT2D eigenvalue weighted by atomic mass is 16.5. The van der Waals surface area contributed by atoms with Crippen LogP contribution in [0.2, 0.25) is 0 Å². The Labute approximate surface area is 169 Å². The Morgan fingerprint density at radius 2 is 2.10 bits per heavy atom. The normalized spacial score (nSPS) is 19.5. The van der Waals surface area contributed by atoms with Gasteiger partial charge in [0.2, 0.25) is 0 Å². The molecule has 0 amide bonds. The lowest BCUT2D eigenvalue weighted by Crippen LogP contribution is -2.37. The maximum atomic E-state index is 6.08. The Balaban J connectivity index is 1.24. The van der Waals surface area contributed by atoms with Crippen LogP contribution in [0.1, 0.15) is 23.9 Å². The third-order valence-corrected chi connectivity index (χ3v) is 6.34. The number of H-pyrrole nitrogens is 1. The molecule has 5 heteroatoms. The van der Waals surface area contributed by atoms with Gasteiger partial charge in [0.25, 0.3) is 0 Å². The van der Waals surface area contributed by atoms with Crippen LogP contribution in [0.25, 0.3) is 27.5 Å². The van der Waals surface area contributed by atoms with Gasteiger partial charge in [0.15, 0.2) is 0 Å². The number of para-hydroxylation sites is 2. The minimum atomic E-state index is 0.304. The second-order valence-electron chi connectivity index (χ2n) is 8.10. The predicted octanol–water partition coefficient (Wildman–Crippen LogP) is 4.55. The zero-order valence-corrected chi connectivity index (χ0v) is 16.6. The van der Waals surface area contributed by atoms with E-state index < -0.39 is 0 Å². The lowest BCUT2D eigenvalue weighted by Gasteiger charge is -2.33. The van der Waals surface area contributed by atoms with Crippen molar-refractivity contribution in [2.24, 2.45) is 0 Å². The van der Waals surface area contributed by atoms with E-state index in [4.69, 9.17) is 9.72 Å². The molecule has 0 bridgehead atoms. The third kappa shape index (κ3) is 2.69. The first-order valence-electron chi connectivity index (χ1n) is 10.4. The van der Waals surface area contributed by atoms with Crippen molar-refractivity contribution in [1.29, 1.82) is 0 Å². The van der Waals surface area contributed by atoms with Gasteiger partial charge in [0.1, 0.15) is 23.7 Å². The standard InChI is InChI=1S/C24H24N4O/c1-16-26-22-7-4-8-23-24(22)28(16)18(15-29-23)14-27-11-9-17(10-12-27)20-13-25-21-6-3-2-5-19(20)21/h2-9,13,18,25H,10-12,14-15H2,1H3. The van der Waals surface area contributed by atoms with Gasteiger partial charge in [-0.1, -0.05) is 30.3 Å². The molecule has 0 saturated carbocycles. The summed E-state index contributed by atoms with van der Waals surface area (Å²) in [7, 11) is 0. The van der Waals surface area contributed by atoms with E-state index in [2.05, 4.69) is 64.0 Å². The summed E-state index contributed by atoms with van der Waals surface area (Å²) in [6.45, 7) is 5.84. The number of imidazole rings is 1. The van der Waals surface area contributed by atoms with E-state index in [-0.39, 0.29) is 0 Å². The van der Waals surface area contributed by atoms with Crippen molar-refractivity contribution in [2.45, 2.75) is 19.4 Å². The number of rotatable bonds is 3. The summed E-state index contributed by atoms with van der Waals surface area (Å²) in [5.41, 5.74) is 6.19. The Morgan fingerprint density at radius 1 is 1.17 bits per heavy atom. The molecule has 0 aliphatic carbocycles. The number of aromatic nitrogens is 3. The number of hydrogen-bond donors (Lipinski definition) is 1. The number of ether oxygens (including phenoxy) is 1. The van der Waals surface area contributed by atoms with Crippen LogP contribution in [0.4, 0.5) is 0 Å². The lowest BCUT2D eigenvalue weighted by atomic mass is 9.98. The quantitative estimate of drug-likeness (QED) is 0.564. The average Bonchev–Trinajstić information content (AvgIpc) is 3.33. The van der Waals surface area contributed by atoms with E-state index in [1.54, 1.807) is 0 Å². The monoisotopic (exact) mass is 384 g/mol. The van der Waals surface area contributed by atoms with Crippen molar-refractivity contribution < 1.29 is 4.74 Å². The van der Waals surface area contributed by atoms with Gasteiger partial charge in [-0.3, -0.25) is 4.90 Å². The van der Waals surface area contributed by atoms with Gasteiger partial charge in [-0.15, -0.1) is 0 Å². The number of aryl methyl sites for hydroxylation is 1. The molecule has 0 spiro atoms. The fourth-order valence-corrected chi connectivity index (χ4v) is 4.95. The summed E-state index contributed by atoms with van der Waals surface area (Å²) in [5, 5.41) is 1.32. The largest absolute Gasteiger partial charge is 0.489 e. The van der Waals surface area contributed by atoms with Crippen LogP contribution in [-0.2, 0) is 0 Å². The summed E-state index contributed by atoms with van der Waals surface area (Å²) < 4.78 is 8.47. The number of fused-ring (bicyclic) bond motifs is 1. The Kier molecular flexibility index (Phi) is 3.78. The Morgan fingerprint density at radius 3 is 3.00 bits per heavy atom. The zero-order valence-electron chi connectivity index (χ0n) is 16.6. The lowest BCUT2D eigenvalue weighted by molar-refractivity contribution is 0.177. The fraction of sp³-hybridized carbons (Fsp3) is 0.292. The summed E-state index contributed by atoms with van der Waals surface area (Å²) >= 11 is 0. The molecule has 0 saturated heterocycles. The van der Waals surface area contributed by atoms with Crippen molar-refractivity contribution in [3.63, 3.8) is 0 Å². The van der Waals surface area contributed by atoms with Crippen LogP contribution < -0.4 is 4.74 Å².